The van der Waals surface area contributed by atoms with Gasteiger partial charge in [0.1, 0.15) is 0 Å². The van der Waals surface area contributed by atoms with Crippen LogP contribution in [0.3, 0.4) is 0 Å². The molecule has 0 aliphatic carbocycles. The van der Waals surface area contributed by atoms with Crippen LogP contribution in [0.4, 0.5) is 0 Å². The molecule has 31 heavy (non-hydrogen) atoms. The lowest BCUT2D eigenvalue weighted by atomic mass is 9.97. The number of amides is 1. The number of hydrogen-bond donors (Lipinski definition) is 1. The molecule has 1 aromatic rings. The molecule has 1 N–H and O–H groups in total. The molecule has 0 aromatic heterocycles. The highest BCUT2D eigenvalue weighted by Crippen LogP contribution is 2.16. The first-order valence-corrected chi connectivity index (χ1v) is 11.1. The molecule has 2 saturated heterocycles. The number of guanidine groups is 1. The molecule has 2 fully saturated rings. The topological polar surface area (TPSA) is 60.4 Å². The predicted octanol–water partition coefficient (Wildman–Crippen LogP) is 1.82. The summed E-state index contributed by atoms with van der Waals surface area (Å²) in [6, 6.07) is 4.52. The van der Waals surface area contributed by atoms with Crippen molar-refractivity contribution in [1.82, 2.24) is 20.0 Å². The van der Waals surface area contributed by atoms with Gasteiger partial charge < -0.3 is 19.9 Å². The van der Waals surface area contributed by atoms with Gasteiger partial charge in [-0.05, 0) is 43.9 Å². The van der Waals surface area contributed by atoms with E-state index in [0.29, 0.717) is 19.8 Å². The number of nitrogens with one attached hydrogen (secondary N) is 1. The Labute approximate surface area is 204 Å². The van der Waals surface area contributed by atoms with Crippen LogP contribution >= 0.6 is 24.0 Å². The smallest absolute Gasteiger partial charge is 0.236 e. The Morgan fingerprint density at radius 1 is 1.00 bits per heavy atom. The SMILES string of the molecule is CN=C(NCCc1c(C)cc(C)cc1C)N1CCN(CC(=O)N2CCOCC2)CC1.I. The van der Waals surface area contributed by atoms with Gasteiger partial charge in [0, 0.05) is 52.9 Å². The van der Waals surface area contributed by atoms with Crippen molar-refractivity contribution in [1.29, 1.82) is 0 Å². The zero-order chi connectivity index (χ0) is 21.5. The zero-order valence-electron chi connectivity index (χ0n) is 19.4. The van der Waals surface area contributed by atoms with Crippen molar-refractivity contribution in [2.75, 3.05) is 72.6 Å². The van der Waals surface area contributed by atoms with E-state index in [0.717, 1.165) is 58.2 Å². The Bertz CT molecular complexity index is 733. The van der Waals surface area contributed by atoms with Crippen LogP contribution < -0.4 is 5.32 Å². The number of benzene rings is 1. The molecule has 2 aliphatic rings. The molecule has 8 heteroatoms. The van der Waals surface area contributed by atoms with E-state index in [1.165, 1.54) is 22.3 Å². The van der Waals surface area contributed by atoms with Crippen LogP contribution in [0.5, 0.6) is 0 Å². The third kappa shape index (κ3) is 7.32. The molecule has 2 aliphatic heterocycles. The van der Waals surface area contributed by atoms with Gasteiger partial charge in [-0.15, -0.1) is 24.0 Å². The molecule has 0 unspecified atom stereocenters. The fourth-order valence-electron chi connectivity index (χ4n) is 4.46. The number of nitrogens with zero attached hydrogens (tertiary/aromatic N) is 4. The summed E-state index contributed by atoms with van der Waals surface area (Å²) in [6.07, 6.45) is 0.991. The van der Waals surface area contributed by atoms with Crippen molar-refractivity contribution in [2.45, 2.75) is 27.2 Å². The monoisotopic (exact) mass is 543 g/mol. The van der Waals surface area contributed by atoms with E-state index in [1.54, 1.807) is 0 Å². The lowest BCUT2D eigenvalue weighted by Gasteiger charge is -2.37. The van der Waals surface area contributed by atoms with Gasteiger partial charge >= 0.3 is 0 Å². The molecule has 1 amide bonds. The number of piperazine rings is 1. The highest BCUT2D eigenvalue weighted by atomic mass is 127. The normalized spacial score (nSPS) is 18.0. The number of aryl methyl sites for hydroxylation is 3. The van der Waals surface area contributed by atoms with Crippen molar-refractivity contribution >= 4 is 35.8 Å². The van der Waals surface area contributed by atoms with Crippen molar-refractivity contribution in [3.63, 3.8) is 0 Å². The molecule has 0 atom stereocenters. The Morgan fingerprint density at radius 3 is 2.19 bits per heavy atom. The van der Waals surface area contributed by atoms with Crippen molar-refractivity contribution in [3.05, 3.63) is 34.4 Å². The van der Waals surface area contributed by atoms with Gasteiger partial charge in [0.2, 0.25) is 5.91 Å². The summed E-state index contributed by atoms with van der Waals surface area (Å²) in [5.74, 6) is 1.18. The van der Waals surface area contributed by atoms with Gasteiger partial charge in [-0.1, -0.05) is 17.7 Å². The molecule has 0 bridgehead atoms. The summed E-state index contributed by atoms with van der Waals surface area (Å²) < 4.78 is 5.34. The van der Waals surface area contributed by atoms with E-state index in [-0.39, 0.29) is 29.9 Å². The van der Waals surface area contributed by atoms with E-state index < -0.39 is 0 Å². The van der Waals surface area contributed by atoms with Gasteiger partial charge in [-0.3, -0.25) is 14.7 Å². The summed E-state index contributed by atoms with van der Waals surface area (Å²) in [5, 5.41) is 3.53. The first-order valence-electron chi connectivity index (χ1n) is 11.1. The molecule has 2 heterocycles. The molecule has 174 valence electrons. The molecule has 3 rings (SSSR count). The molecule has 1 aromatic carbocycles. The van der Waals surface area contributed by atoms with Crippen LogP contribution in [0.25, 0.3) is 0 Å². The van der Waals surface area contributed by atoms with Crippen LogP contribution in [-0.4, -0.2) is 99.2 Å². The summed E-state index contributed by atoms with van der Waals surface area (Å²) in [5.41, 5.74) is 5.48. The van der Waals surface area contributed by atoms with Crippen molar-refractivity contribution in [3.8, 4) is 0 Å². The number of carbonyl (C=O) groups is 1. The van der Waals surface area contributed by atoms with Crippen LogP contribution in [0.2, 0.25) is 0 Å². The maximum absolute atomic E-state index is 12.5. The molecule has 0 radical (unpaired) electrons. The second kappa shape index (κ2) is 12.6. The first-order chi connectivity index (χ1) is 14.5. The fraction of sp³-hybridized carbons (Fsp3) is 0.652. The lowest BCUT2D eigenvalue weighted by Crippen LogP contribution is -2.55. The second-order valence-electron chi connectivity index (χ2n) is 8.36. The number of ether oxygens (including phenoxy) is 1. The highest BCUT2D eigenvalue weighted by molar-refractivity contribution is 14.0. The lowest BCUT2D eigenvalue weighted by molar-refractivity contribution is -0.136. The Kier molecular flexibility index (Phi) is 10.5. The molecule has 0 spiro atoms. The minimum atomic E-state index is 0. The maximum Gasteiger partial charge on any atom is 0.236 e. The number of hydrogen-bond acceptors (Lipinski definition) is 4. The highest BCUT2D eigenvalue weighted by Gasteiger charge is 2.24. The predicted molar refractivity (Wildman–Crippen MR) is 137 cm³/mol. The van der Waals surface area contributed by atoms with Gasteiger partial charge in [0.25, 0.3) is 0 Å². The summed E-state index contributed by atoms with van der Waals surface area (Å²) in [4.78, 5) is 23.4. The molecule has 7 nitrogen and oxygen atoms in total. The third-order valence-corrected chi connectivity index (χ3v) is 6.10. The van der Waals surface area contributed by atoms with Gasteiger partial charge in [0.15, 0.2) is 5.96 Å². The van der Waals surface area contributed by atoms with E-state index >= 15 is 0 Å². The van der Waals surface area contributed by atoms with Crippen LogP contribution in [0.1, 0.15) is 22.3 Å². The summed E-state index contributed by atoms with van der Waals surface area (Å²) in [6.45, 7) is 14.2. The Balaban J connectivity index is 0.00000341. The van der Waals surface area contributed by atoms with Gasteiger partial charge in [0.05, 0.1) is 19.8 Å². The second-order valence-corrected chi connectivity index (χ2v) is 8.36. The van der Waals surface area contributed by atoms with Crippen molar-refractivity contribution in [2.24, 2.45) is 4.99 Å². The largest absolute Gasteiger partial charge is 0.378 e. The first kappa shape index (κ1) is 25.9. The Morgan fingerprint density at radius 2 is 1.61 bits per heavy atom. The molecular weight excluding hydrogens is 505 g/mol. The fourth-order valence-corrected chi connectivity index (χ4v) is 4.46. The van der Waals surface area contributed by atoms with Crippen LogP contribution in [0.15, 0.2) is 17.1 Å². The van der Waals surface area contributed by atoms with Crippen LogP contribution in [-0.2, 0) is 16.0 Å². The van der Waals surface area contributed by atoms with E-state index in [4.69, 9.17) is 4.74 Å². The van der Waals surface area contributed by atoms with E-state index in [2.05, 4.69) is 53.0 Å². The molecule has 0 saturated carbocycles. The number of morpholine rings is 1. The summed E-state index contributed by atoms with van der Waals surface area (Å²) in [7, 11) is 1.85. The maximum atomic E-state index is 12.5. The minimum absolute atomic E-state index is 0. The standard InChI is InChI=1S/C23H37N5O2.HI/c1-18-15-19(2)21(20(3)16-18)5-6-25-23(24-4)28-9-7-26(8-10-28)17-22(29)27-11-13-30-14-12-27;/h15-16H,5-14,17H2,1-4H3,(H,24,25);1H. The molecular formula is C23H38IN5O2. The average Bonchev–Trinajstić information content (AvgIpc) is 2.74. The third-order valence-electron chi connectivity index (χ3n) is 6.10. The van der Waals surface area contributed by atoms with E-state index in [1.807, 2.05) is 11.9 Å². The Hall–Kier alpha value is -1.39. The number of carbonyl (C=O) groups excluding carboxylic acids is 1. The zero-order valence-corrected chi connectivity index (χ0v) is 21.8. The number of rotatable bonds is 5. The quantitative estimate of drug-likeness (QED) is 0.349. The van der Waals surface area contributed by atoms with Crippen LogP contribution in [0, 0.1) is 20.8 Å². The average molecular weight is 543 g/mol. The van der Waals surface area contributed by atoms with Gasteiger partial charge in [-0.25, -0.2) is 0 Å². The van der Waals surface area contributed by atoms with Crippen molar-refractivity contribution < 1.29 is 9.53 Å². The summed E-state index contributed by atoms with van der Waals surface area (Å²) >= 11 is 0. The minimum Gasteiger partial charge on any atom is -0.378 e. The number of aliphatic imine (C=N–C) groups is 1. The number of halogens is 1. The van der Waals surface area contributed by atoms with E-state index in [9.17, 15) is 4.79 Å². The van der Waals surface area contributed by atoms with Gasteiger partial charge in [-0.2, -0.15) is 0 Å².